The molecule has 0 radical (unpaired) electrons. The van der Waals surface area contributed by atoms with Crippen molar-refractivity contribution in [2.24, 2.45) is 0 Å². The highest BCUT2D eigenvalue weighted by molar-refractivity contribution is 7.20. The zero-order chi connectivity index (χ0) is 24.8. The molecule has 2 aromatic carbocycles. The van der Waals surface area contributed by atoms with Crippen LogP contribution in [0.1, 0.15) is 45.4 Å². The van der Waals surface area contributed by atoms with Crippen LogP contribution in [0, 0.1) is 0 Å². The number of H-pyrrole nitrogens is 1. The van der Waals surface area contributed by atoms with Crippen LogP contribution < -0.4 is 4.74 Å². The minimum absolute atomic E-state index is 0.0407. The van der Waals surface area contributed by atoms with Crippen LogP contribution in [0.5, 0.6) is 5.75 Å². The van der Waals surface area contributed by atoms with E-state index in [4.69, 9.17) is 13.9 Å². The number of aromatic amines is 1. The standard InChI is InChI=1S/C28H24N2O5S/c1-16(31)34-15-19-8-10-23(35-19)27-26-20(21-14-18(33-2)7-9-22(21)29-26)11-12-30(27)28(32)25-13-17-5-3-4-6-24(17)36-25/h3-10,13-14,27,29H,11-12,15H2,1-2H3. The Hall–Kier alpha value is -4.04. The van der Waals surface area contributed by atoms with Gasteiger partial charge < -0.3 is 23.8 Å². The first kappa shape index (κ1) is 22.4. The number of benzene rings is 2. The highest BCUT2D eigenvalue weighted by Crippen LogP contribution is 2.41. The summed E-state index contributed by atoms with van der Waals surface area (Å²) in [5, 5.41) is 2.13. The molecule has 6 rings (SSSR count). The summed E-state index contributed by atoms with van der Waals surface area (Å²) < 4.78 is 17.8. The highest BCUT2D eigenvalue weighted by Gasteiger charge is 2.37. The lowest BCUT2D eigenvalue weighted by molar-refractivity contribution is -0.142. The number of methoxy groups -OCH3 is 1. The number of furan rings is 1. The Balaban J connectivity index is 1.45. The van der Waals surface area contributed by atoms with Gasteiger partial charge in [0.25, 0.3) is 5.91 Å². The highest BCUT2D eigenvalue weighted by atomic mass is 32.1. The van der Waals surface area contributed by atoms with Crippen molar-refractivity contribution in [2.75, 3.05) is 13.7 Å². The number of nitrogens with one attached hydrogen (secondary N) is 1. The van der Waals surface area contributed by atoms with Crippen molar-refractivity contribution in [3.63, 3.8) is 0 Å². The molecule has 1 aliphatic heterocycles. The van der Waals surface area contributed by atoms with Crippen LogP contribution in [-0.2, 0) is 22.6 Å². The van der Waals surface area contributed by atoms with E-state index in [1.165, 1.54) is 18.3 Å². The first-order chi connectivity index (χ1) is 17.5. The normalized spacial score (nSPS) is 15.3. The fraction of sp³-hybridized carbons (Fsp3) is 0.214. The van der Waals surface area contributed by atoms with Crippen molar-refractivity contribution in [2.45, 2.75) is 26.0 Å². The van der Waals surface area contributed by atoms with E-state index in [1.807, 2.05) is 59.5 Å². The molecule has 0 saturated heterocycles. The van der Waals surface area contributed by atoms with Gasteiger partial charge in [0.15, 0.2) is 0 Å². The smallest absolute Gasteiger partial charge is 0.303 e. The molecule has 1 amide bonds. The third-order valence-corrected chi connectivity index (χ3v) is 7.71. The maximum absolute atomic E-state index is 13.9. The first-order valence-electron chi connectivity index (χ1n) is 11.7. The van der Waals surface area contributed by atoms with Crippen LogP contribution in [-0.4, -0.2) is 35.4 Å². The summed E-state index contributed by atoms with van der Waals surface area (Å²) in [4.78, 5) is 31.3. The second-order valence-corrected chi connectivity index (χ2v) is 9.90. The number of hydrogen-bond donors (Lipinski definition) is 1. The average Bonchev–Trinajstić information content (AvgIpc) is 3.62. The Morgan fingerprint density at radius 3 is 2.81 bits per heavy atom. The molecule has 5 aromatic rings. The van der Waals surface area contributed by atoms with E-state index in [0.717, 1.165) is 38.0 Å². The second-order valence-electron chi connectivity index (χ2n) is 8.81. The summed E-state index contributed by atoms with van der Waals surface area (Å²) in [7, 11) is 1.65. The monoisotopic (exact) mass is 500 g/mol. The van der Waals surface area contributed by atoms with E-state index in [2.05, 4.69) is 4.98 Å². The number of amides is 1. The molecule has 4 heterocycles. The summed E-state index contributed by atoms with van der Waals surface area (Å²) in [5.41, 5.74) is 3.05. The number of esters is 1. The molecule has 0 aliphatic carbocycles. The summed E-state index contributed by atoms with van der Waals surface area (Å²) in [6, 6.07) is 19.1. The van der Waals surface area contributed by atoms with Gasteiger partial charge in [-0.2, -0.15) is 0 Å². The molecular weight excluding hydrogens is 476 g/mol. The van der Waals surface area contributed by atoms with E-state index >= 15 is 0 Å². The fourth-order valence-electron chi connectivity index (χ4n) is 4.93. The van der Waals surface area contributed by atoms with Crippen LogP contribution in [0.15, 0.2) is 65.1 Å². The van der Waals surface area contributed by atoms with Gasteiger partial charge in [-0.25, -0.2) is 0 Å². The molecule has 36 heavy (non-hydrogen) atoms. The number of carbonyl (C=O) groups excluding carboxylic acids is 2. The van der Waals surface area contributed by atoms with Crippen LogP contribution in [0.2, 0.25) is 0 Å². The minimum atomic E-state index is -0.448. The number of ether oxygens (including phenoxy) is 2. The largest absolute Gasteiger partial charge is 0.497 e. The van der Waals surface area contributed by atoms with Crippen LogP contribution in [0.3, 0.4) is 0 Å². The predicted molar refractivity (Wildman–Crippen MR) is 137 cm³/mol. The molecule has 0 saturated carbocycles. The quantitative estimate of drug-likeness (QED) is 0.307. The van der Waals surface area contributed by atoms with E-state index in [1.54, 1.807) is 13.2 Å². The molecule has 8 heteroatoms. The average molecular weight is 501 g/mol. The summed E-state index contributed by atoms with van der Waals surface area (Å²) >= 11 is 1.50. The summed E-state index contributed by atoms with van der Waals surface area (Å²) in [5.74, 6) is 1.51. The second kappa shape index (κ2) is 8.87. The number of nitrogens with zero attached hydrogens (tertiary/aromatic N) is 1. The van der Waals surface area contributed by atoms with Crippen LogP contribution >= 0.6 is 11.3 Å². The van der Waals surface area contributed by atoms with Crippen molar-refractivity contribution in [3.8, 4) is 5.75 Å². The van der Waals surface area contributed by atoms with Gasteiger partial charge in [0.05, 0.1) is 17.7 Å². The first-order valence-corrected chi connectivity index (χ1v) is 12.5. The van der Waals surface area contributed by atoms with E-state index in [9.17, 15) is 9.59 Å². The molecule has 1 N–H and O–H groups in total. The topological polar surface area (TPSA) is 84.8 Å². The molecule has 1 aliphatic rings. The summed E-state index contributed by atoms with van der Waals surface area (Å²) in [6.07, 6.45) is 0.705. The Labute approximate surface area is 211 Å². The number of rotatable bonds is 5. The molecule has 1 unspecified atom stereocenters. The van der Waals surface area contributed by atoms with Gasteiger partial charge in [-0.15, -0.1) is 11.3 Å². The van der Waals surface area contributed by atoms with Gasteiger partial charge in [-0.3, -0.25) is 9.59 Å². The van der Waals surface area contributed by atoms with Crippen molar-refractivity contribution in [1.29, 1.82) is 0 Å². The van der Waals surface area contributed by atoms with Gasteiger partial charge in [-0.1, -0.05) is 18.2 Å². The molecule has 0 bridgehead atoms. The third-order valence-electron chi connectivity index (χ3n) is 6.60. The van der Waals surface area contributed by atoms with Crippen molar-refractivity contribution in [1.82, 2.24) is 9.88 Å². The number of aromatic nitrogens is 1. The maximum atomic E-state index is 13.9. The molecule has 0 fully saturated rings. The van der Waals surface area contributed by atoms with Gasteiger partial charge >= 0.3 is 5.97 Å². The Morgan fingerprint density at radius 2 is 2.00 bits per heavy atom. The molecule has 1 atom stereocenters. The van der Waals surface area contributed by atoms with Crippen molar-refractivity contribution < 1.29 is 23.5 Å². The molecular formula is C28H24N2O5S. The zero-order valence-corrected chi connectivity index (χ0v) is 20.7. The lowest BCUT2D eigenvalue weighted by Crippen LogP contribution is -2.40. The van der Waals surface area contributed by atoms with Gasteiger partial charge in [-0.05, 0) is 59.8 Å². The van der Waals surface area contributed by atoms with E-state index in [0.29, 0.717) is 29.4 Å². The van der Waals surface area contributed by atoms with Gasteiger partial charge in [0.2, 0.25) is 0 Å². The maximum Gasteiger partial charge on any atom is 0.303 e. The fourth-order valence-corrected chi connectivity index (χ4v) is 5.95. The molecule has 7 nitrogen and oxygen atoms in total. The van der Waals surface area contributed by atoms with Crippen LogP contribution in [0.4, 0.5) is 0 Å². The zero-order valence-electron chi connectivity index (χ0n) is 19.9. The SMILES string of the molecule is COc1ccc2[nH]c3c(c2c1)CCN(C(=O)c1cc2ccccc2s1)C3c1ccc(COC(C)=O)o1. The van der Waals surface area contributed by atoms with Gasteiger partial charge in [0.1, 0.15) is 29.9 Å². The number of carbonyl (C=O) groups is 2. The van der Waals surface area contributed by atoms with Gasteiger partial charge in [0, 0.05) is 29.1 Å². The lowest BCUT2D eigenvalue weighted by atomic mass is 9.95. The number of fused-ring (bicyclic) bond motifs is 4. The molecule has 3 aromatic heterocycles. The van der Waals surface area contributed by atoms with Crippen molar-refractivity contribution in [3.05, 3.63) is 88.3 Å². The molecule has 182 valence electrons. The Morgan fingerprint density at radius 1 is 1.14 bits per heavy atom. The number of thiophene rings is 1. The predicted octanol–water partition coefficient (Wildman–Crippen LogP) is 5.84. The summed E-state index contributed by atoms with van der Waals surface area (Å²) in [6.45, 7) is 1.94. The lowest BCUT2D eigenvalue weighted by Gasteiger charge is -2.34. The van der Waals surface area contributed by atoms with Crippen LogP contribution in [0.25, 0.3) is 21.0 Å². The minimum Gasteiger partial charge on any atom is -0.497 e. The third kappa shape index (κ3) is 3.83. The molecule has 0 spiro atoms. The van der Waals surface area contributed by atoms with E-state index in [-0.39, 0.29) is 18.5 Å². The Bertz CT molecular complexity index is 1580. The number of hydrogen-bond acceptors (Lipinski definition) is 6. The Kier molecular flexibility index (Phi) is 5.53. The van der Waals surface area contributed by atoms with Crippen molar-refractivity contribution >= 4 is 44.2 Å². The van der Waals surface area contributed by atoms with E-state index < -0.39 is 6.04 Å².